The number of aliphatic hydroxyl groups excluding tert-OH is 9. The summed E-state index contributed by atoms with van der Waals surface area (Å²) in [6, 6.07) is 19.7. The van der Waals surface area contributed by atoms with Gasteiger partial charge in [-0.2, -0.15) is 0 Å². The van der Waals surface area contributed by atoms with E-state index in [2.05, 4.69) is 47.9 Å². The summed E-state index contributed by atoms with van der Waals surface area (Å²) in [6.07, 6.45) is -32.1. The minimum Gasteiger partial charge on any atom is -0.508 e. The van der Waals surface area contributed by atoms with Crippen LogP contribution in [0, 0.1) is 23.0 Å². The van der Waals surface area contributed by atoms with Gasteiger partial charge < -0.3 is 163 Å². The van der Waals surface area contributed by atoms with Gasteiger partial charge >= 0.3 is 5.69 Å². The number of phenolic OH excluding ortho intramolecular Hbond substituents is 3. The van der Waals surface area contributed by atoms with Crippen molar-refractivity contribution in [3.05, 3.63) is 216 Å². The van der Waals surface area contributed by atoms with Gasteiger partial charge in [0, 0.05) is 53.5 Å². The summed E-state index contributed by atoms with van der Waals surface area (Å²) in [4.78, 5) is 132. The Balaban J connectivity index is 0.845. The number of hydrogen-bond donors (Lipinski definition) is 23. The Hall–Kier alpha value is -12.6. The number of amides is 8. The first kappa shape index (κ1) is 101. The van der Waals surface area contributed by atoms with E-state index in [0.29, 0.717) is 11.1 Å². The van der Waals surface area contributed by atoms with Gasteiger partial charge in [0.15, 0.2) is 30.3 Å². The van der Waals surface area contributed by atoms with Crippen molar-refractivity contribution in [3.63, 3.8) is 0 Å². The predicted molar refractivity (Wildman–Crippen MR) is 484 cm³/mol. The van der Waals surface area contributed by atoms with Crippen LogP contribution in [0.15, 0.2) is 146 Å². The molecule has 0 aliphatic carbocycles. The van der Waals surface area contributed by atoms with E-state index in [9.17, 15) is 85.8 Å². The minimum absolute atomic E-state index is 0.0292. The number of fused-ring (bicyclic) bond motifs is 15. The fourth-order valence-corrected chi connectivity index (χ4v) is 17.5. The molecule has 0 aromatic heterocycles. The van der Waals surface area contributed by atoms with Crippen LogP contribution in [-0.4, -0.2) is 243 Å². The molecule has 8 amide bonds. The number of aryl methyl sites for hydroxylation is 1. The van der Waals surface area contributed by atoms with E-state index in [0.717, 1.165) is 72.3 Å². The maximum absolute atomic E-state index is 16.5. The number of ether oxygens (including phenoxy) is 9. The van der Waals surface area contributed by atoms with E-state index < -0.39 is 289 Å². The second kappa shape index (κ2) is 42.8. The van der Waals surface area contributed by atoms with Gasteiger partial charge in [0.25, 0.3) is 5.91 Å². The van der Waals surface area contributed by atoms with Crippen molar-refractivity contribution >= 4 is 81.8 Å². The van der Waals surface area contributed by atoms with Gasteiger partial charge in [-0.05, 0) is 152 Å². The molecule has 3 saturated heterocycles. The topological polar surface area (TPSA) is 666 Å². The molecule has 736 valence electrons. The van der Waals surface area contributed by atoms with E-state index in [1.54, 1.807) is 69.3 Å². The van der Waals surface area contributed by atoms with Crippen LogP contribution in [0.4, 0.5) is 11.4 Å². The Morgan fingerprint density at radius 2 is 1.30 bits per heavy atom. The Morgan fingerprint density at radius 3 is 1.96 bits per heavy atom. The SMILES string of the molecule is CN[C@H](CC(C)C)C(=O)NC1C(=O)NC(CC(N)=O)C(=O)N[C@H]2C(=O)N[C@H]3C(=O)N[C@H](C(=O)N[C@@H](O)c4cc(O)cc(O)c4-c4cc3ccc4O)[C@H](O[C@H]3C[C@](C)(N)[C@@H](O)[C@H](C)O3)c3ccc(c(Cl)c3)Oc3cc2cc(c3O[C@@H]2O[C@H](CO)[C@@H](O[C@@H]3O[C@H](CNCc4cccc(NC(=O)c5ccc(C)c(OCc6ccccc6)c5[N+](=O)[O-])c4)[C@H](O)[C@H](O)[C@H]3O)[C@H](O)[C@H]2O)Oc2ccc(cc2Cl)[C@H]1O. The number of likely N-dealkylation sites (N-methyl/N-ethyl adjacent to an activating group) is 1. The molecule has 2 unspecified atom stereocenters. The summed E-state index contributed by atoms with van der Waals surface area (Å²) in [5.74, 6) is -15.5. The third kappa shape index (κ3) is 22.4. The van der Waals surface area contributed by atoms with Crippen LogP contribution in [0.2, 0.25) is 10.0 Å². The smallest absolute Gasteiger partial charge is 0.323 e. The summed E-state index contributed by atoms with van der Waals surface area (Å²) in [5.41, 5.74) is 9.36. The summed E-state index contributed by atoms with van der Waals surface area (Å²) in [6.45, 7) is 6.60. The highest BCUT2D eigenvalue weighted by molar-refractivity contribution is 6.32. The van der Waals surface area contributed by atoms with E-state index in [1.807, 2.05) is 0 Å². The zero-order valence-electron chi connectivity index (χ0n) is 74.6. The number of hydrogen-bond acceptors (Lipinski definition) is 34. The van der Waals surface area contributed by atoms with Crippen LogP contribution in [0.25, 0.3) is 11.1 Å². The number of nitrogens with zero attached hydrogens (tertiary/aromatic N) is 1. The lowest BCUT2D eigenvalue weighted by atomic mass is 9.86. The molecule has 8 aromatic carbocycles. The minimum atomic E-state index is -2.42. The molecule has 0 saturated carbocycles. The van der Waals surface area contributed by atoms with Crippen LogP contribution in [0.3, 0.4) is 0 Å². The molecule has 25 N–H and O–H groups in total. The molecule has 45 heteroatoms. The van der Waals surface area contributed by atoms with E-state index >= 15 is 24.0 Å². The van der Waals surface area contributed by atoms with Gasteiger partial charge in [0.05, 0.1) is 46.2 Å². The lowest BCUT2D eigenvalue weighted by molar-refractivity contribution is -0.386. The van der Waals surface area contributed by atoms with Crippen LogP contribution in [0.5, 0.6) is 51.7 Å². The number of anilines is 1. The molecule has 3 fully saturated rings. The average Bonchev–Trinajstić information content (AvgIpc) is 0.765. The fourth-order valence-electron chi connectivity index (χ4n) is 17.0. The number of aromatic hydroxyl groups is 3. The molecule has 8 aliphatic heterocycles. The summed E-state index contributed by atoms with van der Waals surface area (Å²) < 4.78 is 57.3. The van der Waals surface area contributed by atoms with Gasteiger partial charge in [0.2, 0.25) is 59.1 Å². The standard InChI is InChI=1S/C93H104Cl2N12O31/c1-38(2)23-54(98-6)85(122)104-69-72(113)44-17-21-58(52(94)26-44)132-60-28-46-29-61(80(60)137-92-77(118)75(116)81(63(36-108)135-92)138-91-76(117)74(115)73(114)62(134-91)35-99-34-42-13-10-14-47(24-42)100-83(120)49-19-15-39(3)78(71(49)107(128)129)130-37-41-11-8-7-9-12-41)133-59-22-18-45(27-53(59)95)79(136-65-33-93(5,97)82(119)40(4)131-65)70-90(127)106-84(121)51-30-48(109)31-57(111)66(51)50-25-43(16-20-56(50)110)67(87(124)105-70)103-88(125)68(46)102-86(123)55(32-64(96)112)101-89(69)126/h7-22,24-31,38,40,54-55,62-63,65,67-70,72-77,79,81-82,84,91-92,98-99,108-111,113-119,121H,23,32-37,97H2,1-6H3,(H2,96,112)(H,100,120)(H,101,126)(H,102,123)(H,103,125)(H,104,122)(H,105,124)(H,106,127)/t40-,54+,55?,62+,63+,65-,67+,68+,69?,70-,72+,73-,74-,75+,76+,77+,79+,81+,82-,84-,91-,92-,93-/m0/s1. The number of aliphatic hydroxyl groups is 9. The first-order chi connectivity index (χ1) is 65.6. The van der Waals surface area contributed by atoms with Gasteiger partial charge in [-0.25, -0.2) is 0 Å². The quantitative estimate of drug-likeness (QED) is 0.0305. The number of phenols is 3. The van der Waals surface area contributed by atoms with Crippen molar-refractivity contribution in [2.24, 2.45) is 17.4 Å². The highest BCUT2D eigenvalue weighted by Crippen LogP contribution is 2.51. The normalized spacial score (nSPS) is 28.0. The second-order valence-electron chi connectivity index (χ2n) is 34.9. The molecule has 16 rings (SSSR count). The molecular weight excluding hydrogens is 1850 g/mol. The van der Waals surface area contributed by atoms with Gasteiger partial charge in [-0.15, -0.1) is 0 Å². The average molecular weight is 1960 g/mol. The number of nitrogens with two attached hydrogens (primary N) is 2. The molecule has 8 heterocycles. The molecule has 138 heavy (non-hydrogen) atoms. The van der Waals surface area contributed by atoms with Crippen molar-refractivity contribution < 1.29 is 147 Å². The maximum Gasteiger partial charge on any atom is 0.323 e. The number of nitro benzene ring substituents is 1. The molecule has 43 nitrogen and oxygen atoms in total. The predicted octanol–water partition coefficient (Wildman–Crippen LogP) is 2.64. The van der Waals surface area contributed by atoms with Crippen molar-refractivity contribution in [1.29, 1.82) is 0 Å². The number of carbonyl (C=O) groups excluding carboxylic acids is 8. The van der Waals surface area contributed by atoms with Crippen LogP contribution >= 0.6 is 23.2 Å². The molecule has 11 bridgehead atoms. The monoisotopic (exact) mass is 1950 g/mol. The summed E-state index contributed by atoms with van der Waals surface area (Å²) in [7, 11) is 1.46. The van der Waals surface area contributed by atoms with Gasteiger partial charge in [0.1, 0.15) is 132 Å². The fraction of sp³-hybridized carbons (Fsp3) is 0.398. The number of nitro groups is 1. The van der Waals surface area contributed by atoms with Crippen LogP contribution < -0.4 is 78.3 Å². The molecule has 23 atom stereocenters. The Morgan fingerprint density at radius 1 is 0.652 bits per heavy atom. The Bertz CT molecular complexity index is 5930. The second-order valence-corrected chi connectivity index (χ2v) is 35.7. The van der Waals surface area contributed by atoms with Crippen LogP contribution in [0.1, 0.15) is 132 Å². The maximum atomic E-state index is 16.5. The van der Waals surface area contributed by atoms with Crippen molar-refractivity contribution in [2.45, 2.75) is 207 Å². The first-order valence-corrected chi connectivity index (χ1v) is 44.5. The Kier molecular flexibility index (Phi) is 31.4. The third-order valence-electron chi connectivity index (χ3n) is 24.3. The van der Waals surface area contributed by atoms with Crippen molar-refractivity contribution in [3.8, 4) is 62.9 Å². The Labute approximate surface area is 796 Å². The largest absolute Gasteiger partial charge is 0.508 e. The highest BCUT2D eigenvalue weighted by Gasteiger charge is 2.53. The summed E-state index contributed by atoms with van der Waals surface area (Å²) >= 11 is 14.5. The number of primary amides is 1. The molecule has 0 spiro atoms. The third-order valence-corrected chi connectivity index (χ3v) is 24.9. The first-order valence-electron chi connectivity index (χ1n) is 43.7. The molecule has 8 aliphatic rings. The van der Waals surface area contributed by atoms with Crippen molar-refractivity contribution in [1.82, 2.24) is 42.5 Å². The highest BCUT2D eigenvalue weighted by atomic mass is 35.5. The number of nitrogens with one attached hydrogen (secondary N) is 9. The van der Waals surface area contributed by atoms with E-state index in [1.165, 1.54) is 51.2 Å². The molecule has 8 aromatic rings. The lowest BCUT2D eigenvalue weighted by Gasteiger charge is -2.46. The molecular formula is C93H104Cl2N12O31. The zero-order chi connectivity index (χ0) is 99.5. The zero-order valence-corrected chi connectivity index (χ0v) is 76.1. The number of rotatable bonds is 24. The number of benzene rings is 8. The van der Waals surface area contributed by atoms with Gasteiger partial charge in [-0.3, -0.25) is 48.5 Å². The lowest BCUT2D eigenvalue weighted by Crippen LogP contribution is -2.65. The van der Waals surface area contributed by atoms with Gasteiger partial charge in [-0.1, -0.05) is 104 Å². The summed E-state index contributed by atoms with van der Waals surface area (Å²) in [5, 5.41) is 176. The van der Waals surface area contributed by atoms with E-state index in [4.69, 9.17) is 77.3 Å². The molecule has 0 radical (unpaired) electrons. The van der Waals surface area contributed by atoms with Crippen LogP contribution in [-0.2, 0) is 70.4 Å². The van der Waals surface area contributed by atoms with Crippen molar-refractivity contribution in [2.75, 3.05) is 25.5 Å². The van der Waals surface area contributed by atoms with E-state index in [-0.39, 0.29) is 72.1 Å². The number of halogens is 2. The number of carbonyl (C=O) groups is 8.